The molecule has 2 rings (SSSR count). The van der Waals surface area contributed by atoms with Crippen molar-refractivity contribution in [3.63, 3.8) is 0 Å². The Hall–Kier alpha value is -0.540. The van der Waals surface area contributed by atoms with Crippen LogP contribution in [0.25, 0.3) is 0 Å². The van der Waals surface area contributed by atoms with Gasteiger partial charge in [-0.2, -0.15) is 0 Å². The Morgan fingerprint density at radius 2 is 2.06 bits per heavy atom. The van der Waals surface area contributed by atoms with Crippen molar-refractivity contribution in [3.8, 4) is 0 Å². The first-order chi connectivity index (χ1) is 8.09. The van der Waals surface area contributed by atoms with Gasteiger partial charge in [0.2, 0.25) is 0 Å². The molecule has 0 amide bonds. The van der Waals surface area contributed by atoms with E-state index in [0.29, 0.717) is 18.0 Å². The largest absolute Gasteiger partial charge is 0.365 e. The number of hydrogen-bond donors (Lipinski definition) is 1. The van der Waals surface area contributed by atoms with Crippen molar-refractivity contribution in [1.29, 1.82) is 0 Å². The van der Waals surface area contributed by atoms with Crippen molar-refractivity contribution in [2.45, 2.75) is 32.9 Å². The number of halogens is 1. The van der Waals surface area contributed by atoms with Crippen LogP contribution in [0.1, 0.15) is 20.8 Å². The van der Waals surface area contributed by atoms with E-state index in [1.807, 2.05) is 0 Å². The zero-order valence-corrected chi connectivity index (χ0v) is 12.4. The van der Waals surface area contributed by atoms with Gasteiger partial charge in [-0.15, -0.1) is 0 Å². The molecule has 1 heterocycles. The first kappa shape index (κ1) is 12.9. The standard InChI is InChI=1S/C14H21BrN2/c1-10(2)13-9-17(11(3)8-16-13)14-7-5-4-6-12(14)15/h4-7,10-11,13,16H,8-9H2,1-3H3. The summed E-state index contributed by atoms with van der Waals surface area (Å²) < 4.78 is 1.19. The molecule has 0 bridgehead atoms. The van der Waals surface area contributed by atoms with Gasteiger partial charge in [-0.05, 0) is 40.9 Å². The molecule has 1 N–H and O–H groups in total. The highest BCUT2D eigenvalue weighted by Crippen LogP contribution is 2.29. The Morgan fingerprint density at radius 3 is 2.71 bits per heavy atom. The van der Waals surface area contributed by atoms with Gasteiger partial charge in [0.15, 0.2) is 0 Å². The number of para-hydroxylation sites is 1. The average molecular weight is 297 g/mol. The highest BCUT2D eigenvalue weighted by molar-refractivity contribution is 9.10. The van der Waals surface area contributed by atoms with Crippen LogP contribution in [0.3, 0.4) is 0 Å². The summed E-state index contributed by atoms with van der Waals surface area (Å²) in [6.45, 7) is 8.99. The molecule has 1 fully saturated rings. The summed E-state index contributed by atoms with van der Waals surface area (Å²) in [6.07, 6.45) is 0. The second-order valence-electron chi connectivity index (χ2n) is 5.21. The van der Waals surface area contributed by atoms with Crippen molar-refractivity contribution in [2.75, 3.05) is 18.0 Å². The fourth-order valence-electron chi connectivity index (χ4n) is 2.36. The lowest BCUT2D eigenvalue weighted by Crippen LogP contribution is -2.57. The van der Waals surface area contributed by atoms with Gasteiger partial charge >= 0.3 is 0 Å². The second kappa shape index (κ2) is 5.40. The number of nitrogens with zero attached hydrogens (tertiary/aromatic N) is 1. The molecule has 0 spiro atoms. The Bertz CT molecular complexity index is 378. The van der Waals surface area contributed by atoms with Crippen LogP contribution < -0.4 is 10.2 Å². The minimum atomic E-state index is 0.545. The summed E-state index contributed by atoms with van der Waals surface area (Å²) in [5.74, 6) is 0.674. The van der Waals surface area contributed by atoms with Crippen molar-refractivity contribution < 1.29 is 0 Å². The first-order valence-electron chi connectivity index (χ1n) is 6.34. The zero-order chi connectivity index (χ0) is 12.4. The third-order valence-electron chi connectivity index (χ3n) is 3.57. The molecule has 1 aliphatic rings. The van der Waals surface area contributed by atoms with Gasteiger partial charge in [0.25, 0.3) is 0 Å². The molecule has 94 valence electrons. The molecule has 1 aromatic rings. The predicted octanol–water partition coefficient (Wildman–Crippen LogP) is 3.27. The molecule has 1 aromatic carbocycles. The van der Waals surface area contributed by atoms with Gasteiger partial charge in [-0.25, -0.2) is 0 Å². The van der Waals surface area contributed by atoms with Crippen LogP contribution in [0.5, 0.6) is 0 Å². The zero-order valence-electron chi connectivity index (χ0n) is 10.8. The fourth-order valence-corrected chi connectivity index (χ4v) is 2.87. The van der Waals surface area contributed by atoms with Crippen LogP contribution in [-0.4, -0.2) is 25.2 Å². The molecule has 2 unspecified atom stereocenters. The predicted molar refractivity (Wildman–Crippen MR) is 77.6 cm³/mol. The molecular weight excluding hydrogens is 276 g/mol. The molecular formula is C14H21BrN2. The molecule has 1 aliphatic heterocycles. The van der Waals surface area contributed by atoms with E-state index < -0.39 is 0 Å². The van der Waals surface area contributed by atoms with E-state index in [0.717, 1.165) is 13.1 Å². The van der Waals surface area contributed by atoms with Crippen LogP contribution in [0, 0.1) is 5.92 Å². The maximum atomic E-state index is 3.65. The minimum absolute atomic E-state index is 0.545. The van der Waals surface area contributed by atoms with Crippen molar-refractivity contribution in [1.82, 2.24) is 5.32 Å². The molecule has 17 heavy (non-hydrogen) atoms. The van der Waals surface area contributed by atoms with Crippen LogP contribution in [0.4, 0.5) is 5.69 Å². The van der Waals surface area contributed by atoms with Crippen LogP contribution in [0.2, 0.25) is 0 Å². The normalized spacial score (nSPS) is 25.4. The van der Waals surface area contributed by atoms with Crippen LogP contribution >= 0.6 is 15.9 Å². The van der Waals surface area contributed by atoms with E-state index in [1.165, 1.54) is 10.2 Å². The SMILES string of the molecule is CC(C)C1CN(c2ccccc2Br)C(C)CN1. The molecule has 0 saturated carbocycles. The number of nitrogens with one attached hydrogen (secondary N) is 1. The molecule has 2 nitrogen and oxygen atoms in total. The molecule has 2 atom stereocenters. The van der Waals surface area contributed by atoms with E-state index in [4.69, 9.17) is 0 Å². The van der Waals surface area contributed by atoms with Gasteiger partial charge in [0.05, 0.1) is 5.69 Å². The monoisotopic (exact) mass is 296 g/mol. The number of benzene rings is 1. The number of hydrogen-bond acceptors (Lipinski definition) is 2. The maximum Gasteiger partial charge on any atom is 0.0514 e. The van der Waals surface area contributed by atoms with Gasteiger partial charge in [-0.3, -0.25) is 0 Å². The molecule has 1 saturated heterocycles. The van der Waals surface area contributed by atoms with E-state index in [-0.39, 0.29) is 0 Å². The van der Waals surface area contributed by atoms with Gasteiger partial charge in [0.1, 0.15) is 0 Å². The number of rotatable bonds is 2. The quantitative estimate of drug-likeness (QED) is 0.901. The van der Waals surface area contributed by atoms with Crippen molar-refractivity contribution in [3.05, 3.63) is 28.7 Å². The number of anilines is 1. The van der Waals surface area contributed by atoms with Gasteiger partial charge < -0.3 is 10.2 Å². The van der Waals surface area contributed by atoms with Gasteiger partial charge in [-0.1, -0.05) is 26.0 Å². The van der Waals surface area contributed by atoms with Crippen molar-refractivity contribution >= 4 is 21.6 Å². The second-order valence-corrected chi connectivity index (χ2v) is 6.07. The lowest BCUT2D eigenvalue weighted by Gasteiger charge is -2.42. The smallest absolute Gasteiger partial charge is 0.0514 e. The third-order valence-corrected chi connectivity index (χ3v) is 4.24. The fraction of sp³-hybridized carbons (Fsp3) is 0.571. The summed E-state index contributed by atoms with van der Waals surface area (Å²) in [7, 11) is 0. The molecule has 3 heteroatoms. The summed E-state index contributed by atoms with van der Waals surface area (Å²) in [5, 5.41) is 3.63. The average Bonchev–Trinajstić information content (AvgIpc) is 2.30. The molecule has 0 radical (unpaired) electrons. The summed E-state index contributed by atoms with van der Waals surface area (Å²) in [6, 6.07) is 9.62. The van der Waals surface area contributed by atoms with Crippen LogP contribution in [-0.2, 0) is 0 Å². The summed E-state index contributed by atoms with van der Waals surface area (Å²) in [4.78, 5) is 2.51. The first-order valence-corrected chi connectivity index (χ1v) is 7.13. The third kappa shape index (κ3) is 2.83. The van der Waals surface area contributed by atoms with Crippen LogP contribution in [0.15, 0.2) is 28.7 Å². The topological polar surface area (TPSA) is 15.3 Å². The molecule has 0 aromatic heterocycles. The Balaban J connectivity index is 2.21. The highest BCUT2D eigenvalue weighted by atomic mass is 79.9. The Morgan fingerprint density at radius 1 is 1.35 bits per heavy atom. The summed E-state index contributed by atoms with van der Waals surface area (Å²) in [5.41, 5.74) is 1.31. The van der Waals surface area contributed by atoms with Gasteiger partial charge in [0, 0.05) is 29.6 Å². The summed E-state index contributed by atoms with van der Waals surface area (Å²) >= 11 is 3.65. The van der Waals surface area contributed by atoms with E-state index in [2.05, 4.69) is 71.2 Å². The Labute approximate surface area is 113 Å². The maximum absolute atomic E-state index is 3.65. The Kier molecular flexibility index (Phi) is 4.10. The van der Waals surface area contributed by atoms with E-state index in [1.54, 1.807) is 0 Å². The van der Waals surface area contributed by atoms with Crippen molar-refractivity contribution in [2.24, 2.45) is 5.92 Å². The minimum Gasteiger partial charge on any atom is -0.365 e. The molecule has 0 aliphatic carbocycles. The lowest BCUT2D eigenvalue weighted by atomic mass is 9.99. The van der Waals surface area contributed by atoms with E-state index >= 15 is 0 Å². The lowest BCUT2D eigenvalue weighted by molar-refractivity contribution is 0.337. The number of piperazine rings is 1. The highest BCUT2D eigenvalue weighted by Gasteiger charge is 2.27. The van der Waals surface area contributed by atoms with E-state index in [9.17, 15) is 0 Å².